The van der Waals surface area contributed by atoms with Gasteiger partial charge in [-0.1, -0.05) is 38.1 Å². The summed E-state index contributed by atoms with van der Waals surface area (Å²) in [6.07, 6.45) is 1.65. The molecule has 0 fully saturated rings. The molecule has 176 valence electrons. The summed E-state index contributed by atoms with van der Waals surface area (Å²) < 4.78 is 13.2. The lowest BCUT2D eigenvalue weighted by Gasteiger charge is -2.15. The molecule has 34 heavy (non-hydrogen) atoms. The first-order valence-electron chi connectivity index (χ1n) is 11.9. The zero-order valence-electron chi connectivity index (χ0n) is 20.4. The maximum atomic E-state index is 13.3. The van der Waals surface area contributed by atoms with Crippen molar-refractivity contribution in [3.05, 3.63) is 88.2 Å². The molecule has 0 spiro atoms. The molecule has 0 radical (unpaired) electrons. The average molecular weight is 457 g/mol. The van der Waals surface area contributed by atoms with E-state index in [9.17, 15) is 4.79 Å². The van der Waals surface area contributed by atoms with Crippen molar-refractivity contribution in [3.63, 3.8) is 0 Å². The number of nitrogens with zero attached hydrogens (tertiary/aromatic N) is 2. The number of ether oxygens (including phenoxy) is 2. The lowest BCUT2D eigenvalue weighted by molar-refractivity contribution is 0.300. The summed E-state index contributed by atoms with van der Waals surface area (Å²) in [6, 6.07) is 21.6. The summed E-state index contributed by atoms with van der Waals surface area (Å²) in [5.74, 6) is 2.85. The molecule has 1 heterocycles. The minimum Gasteiger partial charge on any atom is -0.497 e. The molecule has 3 aromatic carbocycles. The summed E-state index contributed by atoms with van der Waals surface area (Å²) in [6.45, 7) is 7.62. The van der Waals surface area contributed by atoms with Crippen LogP contribution in [0.15, 0.2) is 71.5 Å². The lowest BCUT2D eigenvalue weighted by Crippen LogP contribution is -2.24. The molecule has 0 aliphatic rings. The standard InChI is InChI=1S/C29H32N2O3/c1-20(2)23-12-11-21(3)27(19-23)34-18-8-7-17-31-28(22-13-15-24(33-4)16-14-22)30-26-10-6-5-9-25(26)29(31)32/h5-6,9-16,19-20H,7-8,17-18H2,1-4H3. The van der Waals surface area contributed by atoms with Gasteiger partial charge in [-0.25, -0.2) is 4.98 Å². The number of benzene rings is 3. The number of methoxy groups -OCH3 is 1. The van der Waals surface area contributed by atoms with Crippen molar-refractivity contribution >= 4 is 10.9 Å². The summed E-state index contributed by atoms with van der Waals surface area (Å²) in [5.41, 5.74) is 4.00. The van der Waals surface area contributed by atoms with E-state index < -0.39 is 0 Å². The Morgan fingerprint density at radius 2 is 1.74 bits per heavy atom. The van der Waals surface area contributed by atoms with Crippen molar-refractivity contribution in [2.45, 2.75) is 46.1 Å². The normalized spacial score (nSPS) is 11.2. The fourth-order valence-electron chi connectivity index (χ4n) is 4.02. The first-order valence-corrected chi connectivity index (χ1v) is 11.9. The quantitative estimate of drug-likeness (QED) is 0.275. The van der Waals surface area contributed by atoms with E-state index in [1.807, 2.05) is 48.5 Å². The Labute approximate surface area is 201 Å². The monoisotopic (exact) mass is 456 g/mol. The van der Waals surface area contributed by atoms with Crippen LogP contribution in [0.5, 0.6) is 11.5 Å². The molecular formula is C29H32N2O3. The predicted molar refractivity (Wildman–Crippen MR) is 138 cm³/mol. The van der Waals surface area contributed by atoms with Crippen LogP contribution in [-0.2, 0) is 6.54 Å². The van der Waals surface area contributed by atoms with Crippen molar-refractivity contribution < 1.29 is 9.47 Å². The summed E-state index contributed by atoms with van der Waals surface area (Å²) in [4.78, 5) is 18.2. The highest BCUT2D eigenvalue weighted by atomic mass is 16.5. The second-order valence-electron chi connectivity index (χ2n) is 8.87. The molecule has 0 bridgehead atoms. The molecular weight excluding hydrogens is 424 g/mol. The van der Waals surface area contributed by atoms with Crippen molar-refractivity contribution in [1.29, 1.82) is 0 Å². The van der Waals surface area contributed by atoms with E-state index in [0.29, 0.717) is 35.8 Å². The highest BCUT2D eigenvalue weighted by Gasteiger charge is 2.13. The van der Waals surface area contributed by atoms with Gasteiger partial charge in [-0.2, -0.15) is 0 Å². The van der Waals surface area contributed by atoms with Crippen LogP contribution in [0.2, 0.25) is 0 Å². The van der Waals surface area contributed by atoms with Crippen molar-refractivity contribution in [1.82, 2.24) is 9.55 Å². The van der Waals surface area contributed by atoms with E-state index in [4.69, 9.17) is 14.5 Å². The fraction of sp³-hybridized carbons (Fsp3) is 0.310. The molecule has 0 saturated heterocycles. The highest BCUT2D eigenvalue weighted by molar-refractivity contribution is 5.79. The van der Waals surface area contributed by atoms with Gasteiger partial charge >= 0.3 is 0 Å². The number of hydrogen-bond donors (Lipinski definition) is 0. The molecule has 0 N–H and O–H groups in total. The number of hydrogen-bond acceptors (Lipinski definition) is 4. The zero-order chi connectivity index (χ0) is 24.1. The van der Waals surface area contributed by atoms with E-state index in [1.54, 1.807) is 11.7 Å². The topological polar surface area (TPSA) is 53.3 Å². The highest BCUT2D eigenvalue weighted by Crippen LogP contribution is 2.25. The largest absolute Gasteiger partial charge is 0.497 e. The molecule has 0 aliphatic heterocycles. The Morgan fingerprint density at radius 1 is 0.971 bits per heavy atom. The van der Waals surface area contributed by atoms with E-state index in [1.165, 1.54) is 5.56 Å². The Morgan fingerprint density at radius 3 is 2.47 bits per heavy atom. The van der Waals surface area contributed by atoms with Gasteiger partial charge in [0.2, 0.25) is 0 Å². The number of rotatable bonds is 9. The molecule has 4 rings (SSSR count). The molecule has 0 amide bonds. The van der Waals surface area contributed by atoms with E-state index >= 15 is 0 Å². The van der Waals surface area contributed by atoms with Crippen molar-refractivity contribution in [3.8, 4) is 22.9 Å². The third-order valence-corrected chi connectivity index (χ3v) is 6.12. The first kappa shape index (κ1) is 23.6. The van der Waals surface area contributed by atoms with Crippen LogP contribution >= 0.6 is 0 Å². The van der Waals surface area contributed by atoms with Gasteiger partial charge in [0.25, 0.3) is 5.56 Å². The minimum atomic E-state index is -0.0159. The molecule has 5 nitrogen and oxygen atoms in total. The summed E-state index contributed by atoms with van der Waals surface area (Å²) in [7, 11) is 1.64. The van der Waals surface area contributed by atoms with Crippen LogP contribution in [0.1, 0.15) is 43.7 Å². The Hall–Kier alpha value is -3.60. The number of para-hydroxylation sites is 1. The Balaban J connectivity index is 1.51. The number of unbranched alkanes of at least 4 members (excludes halogenated alkanes) is 1. The maximum absolute atomic E-state index is 13.3. The van der Waals surface area contributed by atoms with Crippen molar-refractivity contribution in [2.75, 3.05) is 13.7 Å². The first-order chi connectivity index (χ1) is 16.5. The van der Waals surface area contributed by atoms with Gasteiger partial charge in [0.05, 0.1) is 24.6 Å². The minimum absolute atomic E-state index is 0.0159. The Kier molecular flexibility index (Phi) is 7.31. The summed E-state index contributed by atoms with van der Waals surface area (Å²) in [5, 5.41) is 0.636. The van der Waals surface area contributed by atoms with Gasteiger partial charge in [0, 0.05) is 12.1 Å². The van der Waals surface area contributed by atoms with E-state index in [-0.39, 0.29) is 5.56 Å². The van der Waals surface area contributed by atoms with Crippen LogP contribution in [0.4, 0.5) is 0 Å². The third kappa shape index (κ3) is 5.14. The summed E-state index contributed by atoms with van der Waals surface area (Å²) >= 11 is 0. The second-order valence-corrected chi connectivity index (χ2v) is 8.87. The van der Waals surface area contributed by atoms with Crippen LogP contribution in [0.25, 0.3) is 22.3 Å². The van der Waals surface area contributed by atoms with Gasteiger partial charge in [0.1, 0.15) is 17.3 Å². The SMILES string of the molecule is COc1ccc(-c2nc3ccccc3c(=O)n2CCCCOc2cc(C(C)C)ccc2C)cc1. The lowest BCUT2D eigenvalue weighted by atomic mass is 10.0. The van der Waals surface area contributed by atoms with Gasteiger partial charge < -0.3 is 9.47 Å². The number of aryl methyl sites for hydroxylation is 1. The third-order valence-electron chi connectivity index (χ3n) is 6.12. The molecule has 0 saturated carbocycles. The van der Waals surface area contributed by atoms with Gasteiger partial charge in [-0.05, 0) is 79.3 Å². The van der Waals surface area contributed by atoms with E-state index in [0.717, 1.165) is 35.5 Å². The van der Waals surface area contributed by atoms with Crippen LogP contribution in [-0.4, -0.2) is 23.3 Å². The Bertz CT molecular complexity index is 1320. The predicted octanol–water partition coefficient (Wildman–Crippen LogP) is 6.36. The maximum Gasteiger partial charge on any atom is 0.261 e. The van der Waals surface area contributed by atoms with E-state index in [2.05, 4.69) is 39.0 Å². The molecule has 5 heteroatoms. The number of aromatic nitrogens is 2. The van der Waals surface area contributed by atoms with Crippen LogP contribution < -0.4 is 15.0 Å². The van der Waals surface area contributed by atoms with Gasteiger partial charge in [0.15, 0.2) is 0 Å². The molecule has 0 unspecified atom stereocenters. The molecule has 0 atom stereocenters. The molecule has 4 aromatic rings. The second kappa shape index (κ2) is 10.6. The van der Waals surface area contributed by atoms with Gasteiger partial charge in [-0.15, -0.1) is 0 Å². The fourth-order valence-corrected chi connectivity index (χ4v) is 4.02. The smallest absolute Gasteiger partial charge is 0.261 e. The van der Waals surface area contributed by atoms with Crippen molar-refractivity contribution in [2.24, 2.45) is 0 Å². The zero-order valence-corrected chi connectivity index (χ0v) is 20.4. The molecule has 0 aliphatic carbocycles. The van der Waals surface area contributed by atoms with Crippen LogP contribution in [0.3, 0.4) is 0 Å². The average Bonchev–Trinajstić information content (AvgIpc) is 2.85. The molecule has 1 aromatic heterocycles. The van der Waals surface area contributed by atoms with Crippen LogP contribution in [0, 0.1) is 6.92 Å². The van der Waals surface area contributed by atoms with Gasteiger partial charge in [-0.3, -0.25) is 9.36 Å². The number of fused-ring (bicyclic) bond motifs is 1.